The Kier molecular flexibility index (Phi) is 7.39. The first kappa shape index (κ1) is 22.2. The largest absolute Gasteiger partial charge is 0.484 e. The minimum absolute atomic E-state index is 0.0787. The zero-order valence-corrected chi connectivity index (χ0v) is 19.0. The van der Waals surface area contributed by atoms with Gasteiger partial charge in [0.25, 0.3) is 0 Å². The van der Waals surface area contributed by atoms with Gasteiger partial charge in [-0.25, -0.2) is 0 Å². The number of hydrogen-bond acceptors (Lipinski definition) is 5. The lowest BCUT2D eigenvalue weighted by Crippen LogP contribution is -2.23. The summed E-state index contributed by atoms with van der Waals surface area (Å²) >= 11 is 7.47. The topological polar surface area (TPSA) is 69.0 Å². The van der Waals surface area contributed by atoms with E-state index in [1.165, 1.54) is 11.8 Å². The number of ether oxygens (including phenoxy) is 1. The molecule has 0 spiro atoms. The summed E-state index contributed by atoms with van der Waals surface area (Å²) in [6, 6.07) is 15.1. The maximum atomic E-state index is 12.7. The quantitative estimate of drug-likeness (QED) is 0.478. The lowest BCUT2D eigenvalue weighted by Gasteiger charge is -2.16. The molecule has 3 aromatic rings. The fourth-order valence-corrected chi connectivity index (χ4v) is 3.86. The second-order valence-electron chi connectivity index (χ2n) is 7.17. The van der Waals surface area contributed by atoms with Crippen LogP contribution in [0.1, 0.15) is 38.1 Å². The highest BCUT2D eigenvalue weighted by Crippen LogP contribution is 2.27. The molecule has 6 nitrogen and oxygen atoms in total. The van der Waals surface area contributed by atoms with E-state index in [0.717, 1.165) is 11.3 Å². The Morgan fingerprint density at radius 1 is 1.13 bits per heavy atom. The molecule has 1 amide bonds. The molecule has 0 aliphatic carbocycles. The fraction of sp³-hybridized carbons (Fsp3) is 0.318. The Bertz CT molecular complexity index is 1020. The standard InChI is InChI=1S/C22H25ClN4O2S/c1-14(2)16-9-5-7-11-18(16)24-21(28)15(3)30-22-26-25-20(27(22)4)13-29-19-12-8-6-10-17(19)23/h5-12,14-15H,13H2,1-4H3,(H,24,28). The Hall–Kier alpha value is -2.51. The third kappa shape index (κ3) is 5.34. The average Bonchev–Trinajstić information content (AvgIpc) is 3.07. The SMILES string of the molecule is CC(Sc1nnc(COc2ccccc2Cl)n1C)C(=O)Nc1ccccc1C(C)C. The molecule has 0 aliphatic heterocycles. The molecule has 30 heavy (non-hydrogen) atoms. The lowest BCUT2D eigenvalue weighted by molar-refractivity contribution is -0.115. The van der Waals surface area contributed by atoms with Crippen molar-refractivity contribution in [1.29, 1.82) is 0 Å². The number of amides is 1. The summed E-state index contributed by atoms with van der Waals surface area (Å²) in [7, 11) is 1.85. The van der Waals surface area contributed by atoms with Crippen molar-refractivity contribution in [3.63, 3.8) is 0 Å². The van der Waals surface area contributed by atoms with E-state index in [-0.39, 0.29) is 17.8 Å². The van der Waals surface area contributed by atoms with Gasteiger partial charge in [-0.2, -0.15) is 0 Å². The predicted molar refractivity (Wildman–Crippen MR) is 121 cm³/mol. The molecule has 0 bridgehead atoms. The van der Waals surface area contributed by atoms with E-state index >= 15 is 0 Å². The van der Waals surface area contributed by atoms with Gasteiger partial charge in [0.1, 0.15) is 12.4 Å². The normalized spacial score (nSPS) is 12.1. The first-order chi connectivity index (χ1) is 14.4. The van der Waals surface area contributed by atoms with Gasteiger partial charge < -0.3 is 14.6 Å². The van der Waals surface area contributed by atoms with Gasteiger partial charge >= 0.3 is 0 Å². The maximum Gasteiger partial charge on any atom is 0.237 e. The molecule has 0 radical (unpaired) electrons. The van der Waals surface area contributed by atoms with E-state index in [9.17, 15) is 4.79 Å². The highest BCUT2D eigenvalue weighted by Gasteiger charge is 2.20. The number of carbonyl (C=O) groups excluding carboxylic acids is 1. The molecule has 1 aromatic heterocycles. The number of para-hydroxylation sites is 2. The Morgan fingerprint density at radius 2 is 1.83 bits per heavy atom. The first-order valence-electron chi connectivity index (χ1n) is 9.69. The van der Waals surface area contributed by atoms with Gasteiger partial charge in [-0.1, -0.05) is 67.5 Å². The predicted octanol–water partition coefficient (Wildman–Crippen LogP) is 5.29. The molecule has 0 aliphatic rings. The number of nitrogens with zero attached hydrogens (tertiary/aromatic N) is 3. The number of nitrogens with one attached hydrogen (secondary N) is 1. The monoisotopic (exact) mass is 444 g/mol. The van der Waals surface area contributed by atoms with Crippen molar-refractivity contribution in [3.8, 4) is 5.75 Å². The van der Waals surface area contributed by atoms with Crippen LogP contribution in [0.3, 0.4) is 0 Å². The molecule has 0 saturated heterocycles. The van der Waals surface area contributed by atoms with Crippen molar-refractivity contribution in [2.75, 3.05) is 5.32 Å². The Balaban J connectivity index is 1.62. The van der Waals surface area contributed by atoms with E-state index < -0.39 is 0 Å². The molecular weight excluding hydrogens is 420 g/mol. The number of benzene rings is 2. The van der Waals surface area contributed by atoms with Gasteiger partial charge in [0, 0.05) is 12.7 Å². The second-order valence-corrected chi connectivity index (χ2v) is 8.88. The van der Waals surface area contributed by atoms with Gasteiger partial charge in [0.05, 0.1) is 10.3 Å². The van der Waals surface area contributed by atoms with Gasteiger partial charge in [-0.05, 0) is 36.6 Å². The summed E-state index contributed by atoms with van der Waals surface area (Å²) in [5, 5.41) is 12.3. The Morgan fingerprint density at radius 3 is 2.57 bits per heavy atom. The lowest BCUT2D eigenvalue weighted by atomic mass is 10.0. The van der Waals surface area contributed by atoms with Crippen molar-refractivity contribution in [1.82, 2.24) is 14.8 Å². The summed E-state index contributed by atoms with van der Waals surface area (Å²) in [6.07, 6.45) is 0. The summed E-state index contributed by atoms with van der Waals surface area (Å²) < 4.78 is 7.57. The van der Waals surface area contributed by atoms with E-state index in [1.807, 2.05) is 54.9 Å². The van der Waals surface area contributed by atoms with Crippen LogP contribution in [-0.2, 0) is 18.4 Å². The van der Waals surface area contributed by atoms with Crippen LogP contribution in [0.4, 0.5) is 5.69 Å². The number of halogens is 1. The molecule has 2 aromatic carbocycles. The van der Waals surface area contributed by atoms with Crippen LogP contribution >= 0.6 is 23.4 Å². The molecule has 158 valence electrons. The number of rotatable bonds is 8. The smallest absolute Gasteiger partial charge is 0.237 e. The molecule has 1 N–H and O–H groups in total. The van der Waals surface area contributed by atoms with Gasteiger partial charge in [0.2, 0.25) is 5.91 Å². The summed E-state index contributed by atoms with van der Waals surface area (Å²) in [5.74, 6) is 1.48. The van der Waals surface area contributed by atoms with Crippen molar-refractivity contribution in [2.45, 2.75) is 43.7 Å². The van der Waals surface area contributed by atoms with Crippen LogP contribution in [-0.4, -0.2) is 25.9 Å². The molecule has 1 unspecified atom stereocenters. The van der Waals surface area contributed by atoms with Crippen molar-refractivity contribution < 1.29 is 9.53 Å². The third-order valence-corrected chi connectivity index (χ3v) is 6.06. The van der Waals surface area contributed by atoms with Crippen LogP contribution < -0.4 is 10.1 Å². The van der Waals surface area contributed by atoms with Crippen molar-refractivity contribution in [3.05, 3.63) is 64.9 Å². The molecular formula is C22H25ClN4O2S. The van der Waals surface area contributed by atoms with E-state index in [1.54, 1.807) is 12.1 Å². The zero-order valence-electron chi connectivity index (χ0n) is 17.4. The minimum Gasteiger partial charge on any atom is -0.484 e. The number of hydrogen-bond donors (Lipinski definition) is 1. The van der Waals surface area contributed by atoms with Crippen LogP contribution in [0.2, 0.25) is 5.02 Å². The van der Waals surface area contributed by atoms with E-state index in [2.05, 4.69) is 29.4 Å². The van der Waals surface area contributed by atoms with Crippen LogP contribution in [0, 0.1) is 0 Å². The molecule has 0 fully saturated rings. The van der Waals surface area contributed by atoms with Crippen molar-refractivity contribution in [2.24, 2.45) is 7.05 Å². The number of anilines is 1. The van der Waals surface area contributed by atoms with Gasteiger partial charge in [0.15, 0.2) is 11.0 Å². The number of thioether (sulfide) groups is 1. The highest BCUT2D eigenvalue weighted by atomic mass is 35.5. The molecule has 1 atom stereocenters. The van der Waals surface area contributed by atoms with Crippen molar-refractivity contribution >= 4 is 35.0 Å². The fourth-order valence-electron chi connectivity index (χ4n) is 2.84. The molecule has 3 rings (SSSR count). The first-order valence-corrected chi connectivity index (χ1v) is 10.9. The Labute approximate surface area is 186 Å². The maximum absolute atomic E-state index is 12.7. The minimum atomic E-state index is -0.342. The second kappa shape index (κ2) is 10.00. The molecule has 8 heteroatoms. The summed E-state index contributed by atoms with van der Waals surface area (Å²) in [4.78, 5) is 12.7. The van der Waals surface area contributed by atoms with Gasteiger partial charge in [-0.3, -0.25) is 4.79 Å². The molecule has 1 heterocycles. The zero-order chi connectivity index (χ0) is 21.7. The molecule has 0 saturated carbocycles. The van der Waals surface area contributed by atoms with E-state index in [4.69, 9.17) is 16.3 Å². The average molecular weight is 445 g/mol. The third-order valence-electron chi connectivity index (χ3n) is 4.61. The van der Waals surface area contributed by atoms with Gasteiger partial charge in [-0.15, -0.1) is 10.2 Å². The van der Waals surface area contributed by atoms with Crippen LogP contribution in [0.15, 0.2) is 53.7 Å². The number of carbonyl (C=O) groups is 1. The summed E-state index contributed by atoms with van der Waals surface area (Å²) in [5.41, 5.74) is 1.96. The highest BCUT2D eigenvalue weighted by molar-refractivity contribution is 8.00. The summed E-state index contributed by atoms with van der Waals surface area (Å²) in [6.45, 7) is 6.30. The van der Waals surface area contributed by atoms with Crippen LogP contribution in [0.5, 0.6) is 5.75 Å². The number of aromatic nitrogens is 3. The van der Waals surface area contributed by atoms with Crippen LogP contribution in [0.25, 0.3) is 0 Å². The van der Waals surface area contributed by atoms with E-state index in [0.29, 0.717) is 27.7 Å².